The summed E-state index contributed by atoms with van der Waals surface area (Å²) >= 11 is 0. The molecule has 0 bridgehead atoms. The van der Waals surface area contributed by atoms with Gasteiger partial charge in [0.2, 0.25) is 5.91 Å². The van der Waals surface area contributed by atoms with Crippen LogP contribution in [0, 0.1) is 11.3 Å². The van der Waals surface area contributed by atoms with E-state index >= 15 is 0 Å². The summed E-state index contributed by atoms with van der Waals surface area (Å²) in [6.45, 7) is 1.70. The molecule has 2 aromatic carbocycles. The van der Waals surface area contributed by atoms with E-state index in [1.807, 2.05) is 30.3 Å². The van der Waals surface area contributed by atoms with Crippen LogP contribution in [0.15, 0.2) is 54.6 Å². The van der Waals surface area contributed by atoms with Crippen molar-refractivity contribution >= 4 is 23.2 Å². The van der Waals surface area contributed by atoms with Gasteiger partial charge in [-0.25, -0.2) is 0 Å². The second kappa shape index (κ2) is 7.53. The number of amides is 2. The molecule has 2 aromatic rings. The summed E-state index contributed by atoms with van der Waals surface area (Å²) in [5, 5.41) is 9.35. The topological polar surface area (TPSA) is 70.2 Å². The fraction of sp³-hybridized carbons (Fsp3) is 0.364. The third-order valence-corrected chi connectivity index (χ3v) is 5.93. The highest BCUT2D eigenvalue weighted by Crippen LogP contribution is 2.44. The number of fused-ring (bicyclic) bond motifs is 1. The number of anilines is 2. The zero-order valence-electron chi connectivity index (χ0n) is 15.3. The summed E-state index contributed by atoms with van der Waals surface area (Å²) in [7, 11) is 0. The minimum Gasteiger partial charge on any atom is -0.326 e. The lowest BCUT2D eigenvalue weighted by Gasteiger charge is -2.37. The Morgan fingerprint density at radius 1 is 0.926 bits per heavy atom. The van der Waals surface area contributed by atoms with Crippen LogP contribution in [0.3, 0.4) is 0 Å². The first-order chi connectivity index (χ1) is 13.2. The standard InChI is InChI=1S/C22H25N3O2/c26-20(24-18-7-2-1-3-8-18)16-9-11-19(12-10-16)25-21(27)22-13-5-4-6-17(22)14-23-15-22/h1-3,7-12,17,23H,4-6,13-15H2,(H,24,26)(H,25,27)/t17-,22+/m0/s1. The molecule has 0 radical (unpaired) electrons. The molecule has 5 heteroatoms. The number of hydrogen-bond donors (Lipinski definition) is 3. The first kappa shape index (κ1) is 17.7. The molecule has 2 atom stereocenters. The van der Waals surface area contributed by atoms with Crippen molar-refractivity contribution in [2.24, 2.45) is 11.3 Å². The Labute approximate surface area is 159 Å². The minimum absolute atomic E-state index is 0.110. The summed E-state index contributed by atoms with van der Waals surface area (Å²) in [6.07, 6.45) is 4.41. The van der Waals surface area contributed by atoms with Crippen LogP contribution in [0.4, 0.5) is 11.4 Å². The zero-order chi connectivity index (χ0) is 18.7. The molecule has 1 aliphatic heterocycles. The van der Waals surface area contributed by atoms with Gasteiger partial charge in [0.05, 0.1) is 5.41 Å². The van der Waals surface area contributed by atoms with Gasteiger partial charge in [-0.1, -0.05) is 31.0 Å². The molecule has 27 heavy (non-hydrogen) atoms. The first-order valence-corrected chi connectivity index (χ1v) is 9.66. The van der Waals surface area contributed by atoms with Crippen molar-refractivity contribution in [1.82, 2.24) is 5.32 Å². The molecule has 0 aromatic heterocycles. The average Bonchev–Trinajstić information content (AvgIpc) is 3.15. The number of rotatable bonds is 4. The van der Waals surface area contributed by atoms with Gasteiger partial charge < -0.3 is 16.0 Å². The molecule has 1 heterocycles. The van der Waals surface area contributed by atoms with Crippen LogP contribution in [-0.2, 0) is 4.79 Å². The molecule has 2 aliphatic rings. The summed E-state index contributed by atoms with van der Waals surface area (Å²) in [6, 6.07) is 16.5. The van der Waals surface area contributed by atoms with E-state index < -0.39 is 0 Å². The maximum Gasteiger partial charge on any atom is 0.255 e. The molecule has 140 valence electrons. The van der Waals surface area contributed by atoms with Gasteiger partial charge in [0.15, 0.2) is 0 Å². The number of hydrogen-bond acceptors (Lipinski definition) is 3. The Balaban J connectivity index is 1.42. The van der Waals surface area contributed by atoms with Gasteiger partial charge in [-0.05, 0) is 61.7 Å². The van der Waals surface area contributed by atoms with E-state index in [2.05, 4.69) is 16.0 Å². The molecule has 5 nitrogen and oxygen atoms in total. The van der Waals surface area contributed by atoms with Crippen molar-refractivity contribution in [2.75, 3.05) is 23.7 Å². The van der Waals surface area contributed by atoms with Crippen molar-refractivity contribution < 1.29 is 9.59 Å². The average molecular weight is 363 g/mol. The highest BCUT2D eigenvalue weighted by molar-refractivity contribution is 6.04. The molecule has 4 rings (SSSR count). The van der Waals surface area contributed by atoms with E-state index in [0.29, 0.717) is 11.5 Å². The van der Waals surface area contributed by atoms with Gasteiger partial charge in [0.1, 0.15) is 0 Å². The lowest BCUT2D eigenvalue weighted by atomic mass is 9.67. The molecule has 3 N–H and O–H groups in total. The third kappa shape index (κ3) is 3.60. The quantitative estimate of drug-likeness (QED) is 0.776. The van der Waals surface area contributed by atoms with Gasteiger partial charge in [0.25, 0.3) is 5.91 Å². The minimum atomic E-state index is -0.276. The van der Waals surface area contributed by atoms with E-state index in [-0.39, 0.29) is 17.2 Å². The second-order valence-electron chi connectivity index (χ2n) is 7.58. The van der Waals surface area contributed by atoms with Gasteiger partial charge in [0, 0.05) is 23.5 Å². The smallest absolute Gasteiger partial charge is 0.255 e. The summed E-state index contributed by atoms with van der Waals surface area (Å²) in [4.78, 5) is 25.3. The van der Waals surface area contributed by atoms with Crippen LogP contribution >= 0.6 is 0 Å². The fourth-order valence-corrected chi connectivity index (χ4v) is 4.38. The largest absolute Gasteiger partial charge is 0.326 e. The number of benzene rings is 2. The van der Waals surface area contributed by atoms with E-state index in [9.17, 15) is 9.59 Å². The lowest BCUT2D eigenvalue weighted by Crippen LogP contribution is -2.44. The number of carbonyl (C=O) groups is 2. The van der Waals surface area contributed by atoms with E-state index in [1.165, 1.54) is 6.42 Å². The second-order valence-corrected chi connectivity index (χ2v) is 7.58. The van der Waals surface area contributed by atoms with Crippen LogP contribution in [-0.4, -0.2) is 24.9 Å². The van der Waals surface area contributed by atoms with Crippen LogP contribution < -0.4 is 16.0 Å². The van der Waals surface area contributed by atoms with E-state index in [0.717, 1.165) is 43.7 Å². The van der Waals surface area contributed by atoms with E-state index in [4.69, 9.17) is 0 Å². The summed E-state index contributed by atoms with van der Waals surface area (Å²) < 4.78 is 0. The maximum atomic E-state index is 13.0. The van der Waals surface area contributed by atoms with Crippen molar-refractivity contribution in [3.63, 3.8) is 0 Å². The molecule has 0 spiro atoms. The molecule has 1 saturated heterocycles. The monoisotopic (exact) mass is 363 g/mol. The SMILES string of the molecule is O=C(Nc1ccccc1)c1ccc(NC(=O)[C@@]23CCCC[C@H]2CNC3)cc1. The Hall–Kier alpha value is -2.66. The highest BCUT2D eigenvalue weighted by atomic mass is 16.2. The molecule has 1 saturated carbocycles. The summed E-state index contributed by atoms with van der Waals surface area (Å²) in [5.74, 6) is 0.380. The summed E-state index contributed by atoms with van der Waals surface area (Å²) in [5.41, 5.74) is 1.78. The van der Waals surface area contributed by atoms with Crippen molar-refractivity contribution in [2.45, 2.75) is 25.7 Å². The Morgan fingerprint density at radius 2 is 1.67 bits per heavy atom. The van der Waals surface area contributed by atoms with Crippen LogP contribution in [0.5, 0.6) is 0 Å². The van der Waals surface area contributed by atoms with Crippen molar-refractivity contribution in [3.05, 3.63) is 60.2 Å². The van der Waals surface area contributed by atoms with Crippen molar-refractivity contribution in [1.29, 1.82) is 0 Å². The number of para-hydroxylation sites is 1. The molecule has 2 fully saturated rings. The molecule has 0 unspecified atom stereocenters. The number of carbonyl (C=O) groups excluding carboxylic acids is 2. The Bertz CT molecular complexity index is 819. The molecular formula is C22H25N3O2. The predicted octanol–water partition coefficient (Wildman–Crippen LogP) is 3.66. The normalized spacial score (nSPS) is 24.1. The Kier molecular flexibility index (Phi) is 4.94. The predicted molar refractivity (Wildman–Crippen MR) is 107 cm³/mol. The van der Waals surface area contributed by atoms with Crippen molar-refractivity contribution in [3.8, 4) is 0 Å². The van der Waals surface area contributed by atoms with Gasteiger partial charge in [-0.15, -0.1) is 0 Å². The highest BCUT2D eigenvalue weighted by Gasteiger charge is 2.49. The van der Waals surface area contributed by atoms with Gasteiger partial charge >= 0.3 is 0 Å². The van der Waals surface area contributed by atoms with Gasteiger partial charge in [-0.3, -0.25) is 9.59 Å². The first-order valence-electron chi connectivity index (χ1n) is 9.66. The van der Waals surface area contributed by atoms with Crippen LogP contribution in [0.2, 0.25) is 0 Å². The molecule has 1 aliphatic carbocycles. The third-order valence-electron chi connectivity index (χ3n) is 5.93. The molecular weight excluding hydrogens is 338 g/mol. The van der Waals surface area contributed by atoms with Gasteiger partial charge in [-0.2, -0.15) is 0 Å². The fourth-order valence-electron chi connectivity index (χ4n) is 4.38. The number of nitrogens with one attached hydrogen (secondary N) is 3. The molecule has 2 amide bonds. The van der Waals surface area contributed by atoms with Crippen LogP contribution in [0.1, 0.15) is 36.0 Å². The Morgan fingerprint density at radius 3 is 2.44 bits per heavy atom. The van der Waals surface area contributed by atoms with Crippen LogP contribution in [0.25, 0.3) is 0 Å². The lowest BCUT2D eigenvalue weighted by molar-refractivity contribution is -0.128. The maximum absolute atomic E-state index is 13.0. The zero-order valence-corrected chi connectivity index (χ0v) is 15.3. The van der Waals surface area contributed by atoms with E-state index in [1.54, 1.807) is 24.3 Å².